The molecule has 206 valence electrons. The number of rotatable bonds is 11. The summed E-state index contributed by atoms with van der Waals surface area (Å²) in [6.45, 7) is 8.32. The Morgan fingerprint density at radius 1 is 1.25 bits per heavy atom. The first kappa shape index (κ1) is 30.3. The summed E-state index contributed by atoms with van der Waals surface area (Å²) in [6.07, 6.45) is -5.66. The van der Waals surface area contributed by atoms with E-state index in [0.717, 1.165) is 18.9 Å². The number of allylic oxidation sites excluding steroid dienone is 2. The van der Waals surface area contributed by atoms with Crippen molar-refractivity contribution in [2.45, 2.75) is 109 Å². The van der Waals surface area contributed by atoms with Crippen molar-refractivity contribution in [3.05, 3.63) is 11.6 Å². The average molecular weight is 517 g/mol. The molecule has 5 N–H and O–H groups in total. The van der Waals surface area contributed by atoms with Gasteiger partial charge in [0.2, 0.25) is 0 Å². The molecular formula is C25H40O11. The van der Waals surface area contributed by atoms with Crippen LogP contribution >= 0.6 is 0 Å². The Morgan fingerprint density at radius 3 is 2.44 bits per heavy atom. The van der Waals surface area contributed by atoms with Crippen LogP contribution in [0.5, 0.6) is 0 Å². The number of hydrogen-bond donors (Lipinski definition) is 5. The second-order valence-corrected chi connectivity index (χ2v) is 11.0. The lowest BCUT2D eigenvalue weighted by Gasteiger charge is -2.42. The number of carbonyl (C=O) groups is 3. The number of aliphatic hydroxyl groups is 4. The van der Waals surface area contributed by atoms with Crippen LogP contribution in [0.3, 0.4) is 0 Å². The molecule has 0 radical (unpaired) electrons. The lowest BCUT2D eigenvalue weighted by atomic mass is 9.66. The fourth-order valence-corrected chi connectivity index (χ4v) is 5.11. The standard InChI is InChI=1S/C25H40O11/c1-13-8-15(27)9-24(3,4)16(13)7-6-14(2)34-23-21(32)22(20(31)17(12-26)35-23)36-19(30)11-25(5,33)10-18(28)29/h8,14,16-17,20-23,26,31-33H,6-7,9-12H2,1-5H3,(H,28,29)/t14?,16-,17+,20+,21+,22-,23+,25?/m0/s1. The highest BCUT2D eigenvalue weighted by molar-refractivity contribution is 5.91. The monoisotopic (exact) mass is 516 g/mol. The van der Waals surface area contributed by atoms with E-state index in [1.165, 1.54) is 0 Å². The van der Waals surface area contributed by atoms with E-state index in [9.17, 15) is 34.8 Å². The number of ether oxygens (including phenoxy) is 3. The van der Waals surface area contributed by atoms with Crippen LogP contribution < -0.4 is 0 Å². The van der Waals surface area contributed by atoms with Crippen molar-refractivity contribution in [1.82, 2.24) is 0 Å². The number of esters is 1. The molecule has 11 nitrogen and oxygen atoms in total. The van der Waals surface area contributed by atoms with Crippen LogP contribution in [0.4, 0.5) is 0 Å². The number of carboxylic acid groups (broad SMARTS) is 1. The molecule has 11 heteroatoms. The fourth-order valence-electron chi connectivity index (χ4n) is 5.11. The van der Waals surface area contributed by atoms with Crippen molar-refractivity contribution < 1.29 is 54.1 Å². The lowest BCUT2D eigenvalue weighted by molar-refractivity contribution is -0.312. The van der Waals surface area contributed by atoms with Gasteiger partial charge < -0.3 is 39.7 Å². The second-order valence-electron chi connectivity index (χ2n) is 11.0. The van der Waals surface area contributed by atoms with Gasteiger partial charge >= 0.3 is 11.9 Å². The third-order valence-electron chi connectivity index (χ3n) is 6.89. The zero-order valence-corrected chi connectivity index (χ0v) is 21.5. The maximum Gasteiger partial charge on any atom is 0.309 e. The summed E-state index contributed by atoms with van der Waals surface area (Å²) in [4.78, 5) is 35.1. The molecule has 36 heavy (non-hydrogen) atoms. The van der Waals surface area contributed by atoms with Crippen LogP contribution in [0.25, 0.3) is 0 Å². The first-order valence-electron chi connectivity index (χ1n) is 12.2. The van der Waals surface area contributed by atoms with Gasteiger partial charge in [0.05, 0.1) is 31.2 Å². The third kappa shape index (κ3) is 8.06. The van der Waals surface area contributed by atoms with Gasteiger partial charge in [0.1, 0.15) is 18.3 Å². The van der Waals surface area contributed by atoms with E-state index in [2.05, 4.69) is 0 Å². The Balaban J connectivity index is 2.03. The predicted molar refractivity (Wildman–Crippen MR) is 126 cm³/mol. The number of hydrogen-bond acceptors (Lipinski definition) is 10. The summed E-state index contributed by atoms with van der Waals surface area (Å²) in [6, 6.07) is 0. The summed E-state index contributed by atoms with van der Waals surface area (Å²) in [7, 11) is 0. The summed E-state index contributed by atoms with van der Waals surface area (Å²) >= 11 is 0. The molecule has 1 aliphatic carbocycles. The van der Waals surface area contributed by atoms with Crippen molar-refractivity contribution >= 4 is 17.7 Å². The van der Waals surface area contributed by atoms with Gasteiger partial charge in [0, 0.05) is 6.42 Å². The SMILES string of the molecule is CC1=CC(=O)CC(C)(C)[C@H]1CCC(C)O[C@@H]1O[C@H](CO)[C@@H](O)[C@H](OC(=O)CC(C)(O)CC(=O)O)[C@H]1O. The number of carboxylic acids is 1. The van der Waals surface area contributed by atoms with Crippen LogP contribution in [0.1, 0.15) is 66.7 Å². The van der Waals surface area contributed by atoms with E-state index in [-0.39, 0.29) is 17.1 Å². The third-order valence-corrected chi connectivity index (χ3v) is 6.89. The van der Waals surface area contributed by atoms with E-state index in [4.69, 9.17) is 19.3 Å². The van der Waals surface area contributed by atoms with Gasteiger partial charge in [0.15, 0.2) is 18.2 Å². The summed E-state index contributed by atoms with van der Waals surface area (Å²) in [5, 5.41) is 49.8. The van der Waals surface area contributed by atoms with Gasteiger partial charge in [-0.1, -0.05) is 19.4 Å². The van der Waals surface area contributed by atoms with Crippen LogP contribution in [-0.2, 0) is 28.6 Å². The zero-order chi connectivity index (χ0) is 27.4. The molecular weight excluding hydrogens is 476 g/mol. The number of carbonyl (C=O) groups excluding carboxylic acids is 2. The molecule has 0 aromatic heterocycles. The molecule has 0 saturated carbocycles. The zero-order valence-electron chi connectivity index (χ0n) is 21.5. The van der Waals surface area contributed by atoms with Crippen LogP contribution in [0.15, 0.2) is 11.6 Å². The van der Waals surface area contributed by atoms with Crippen molar-refractivity contribution in [1.29, 1.82) is 0 Å². The molecule has 0 bridgehead atoms. The van der Waals surface area contributed by atoms with Gasteiger partial charge in [0.25, 0.3) is 0 Å². The minimum Gasteiger partial charge on any atom is -0.481 e. The highest BCUT2D eigenvalue weighted by Crippen LogP contribution is 2.42. The molecule has 1 fully saturated rings. The molecule has 1 heterocycles. The highest BCUT2D eigenvalue weighted by atomic mass is 16.7. The molecule has 0 spiro atoms. The number of aliphatic hydroxyl groups excluding tert-OH is 3. The average Bonchev–Trinajstić information content (AvgIpc) is 2.70. The van der Waals surface area contributed by atoms with E-state index in [0.29, 0.717) is 12.8 Å². The maximum absolute atomic E-state index is 12.3. The van der Waals surface area contributed by atoms with Gasteiger partial charge in [-0.25, -0.2) is 0 Å². The predicted octanol–water partition coefficient (Wildman–Crippen LogP) is 0.700. The molecule has 1 aliphatic heterocycles. The maximum atomic E-state index is 12.3. The van der Waals surface area contributed by atoms with Crippen LogP contribution in [0, 0.1) is 11.3 Å². The minimum absolute atomic E-state index is 0.107. The Kier molecular flexibility index (Phi) is 10.2. The van der Waals surface area contributed by atoms with Gasteiger partial charge in [-0.2, -0.15) is 0 Å². The Hall–Kier alpha value is -1.89. The smallest absolute Gasteiger partial charge is 0.309 e. The molecule has 2 unspecified atom stereocenters. The van der Waals surface area contributed by atoms with Crippen molar-refractivity contribution in [2.24, 2.45) is 11.3 Å². The summed E-state index contributed by atoms with van der Waals surface area (Å²) in [5.41, 5.74) is -1.09. The Bertz CT molecular complexity index is 834. The van der Waals surface area contributed by atoms with Gasteiger partial charge in [-0.3, -0.25) is 14.4 Å². The Labute approximate surface area is 211 Å². The first-order chi connectivity index (χ1) is 16.6. The van der Waals surface area contributed by atoms with E-state index in [1.54, 1.807) is 13.0 Å². The molecule has 1 saturated heterocycles. The van der Waals surface area contributed by atoms with E-state index in [1.807, 2.05) is 20.8 Å². The second kappa shape index (κ2) is 12.1. The number of aliphatic carboxylic acids is 1. The van der Waals surface area contributed by atoms with Crippen molar-refractivity contribution in [3.63, 3.8) is 0 Å². The molecule has 0 amide bonds. The van der Waals surface area contributed by atoms with Crippen LogP contribution in [0.2, 0.25) is 0 Å². The molecule has 0 aromatic rings. The molecule has 2 rings (SSSR count). The summed E-state index contributed by atoms with van der Waals surface area (Å²) < 4.78 is 16.6. The molecule has 0 aromatic carbocycles. The van der Waals surface area contributed by atoms with Crippen LogP contribution in [-0.4, -0.2) is 92.3 Å². The van der Waals surface area contributed by atoms with Crippen molar-refractivity contribution in [2.75, 3.05) is 6.61 Å². The summed E-state index contributed by atoms with van der Waals surface area (Å²) in [5.74, 6) is -2.07. The van der Waals surface area contributed by atoms with Gasteiger partial charge in [-0.15, -0.1) is 0 Å². The Morgan fingerprint density at radius 2 is 1.89 bits per heavy atom. The quantitative estimate of drug-likeness (QED) is 0.244. The number of ketones is 1. The van der Waals surface area contributed by atoms with E-state index < -0.39 is 73.8 Å². The minimum atomic E-state index is -1.89. The molecule has 2 aliphatic rings. The molecule has 8 atom stereocenters. The normalized spacial score (nSPS) is 32.8. The topological polar surface area (TPSA) is 180 Å². The lowest BCUT2D eigenvalue weighted by Crippen LogP contribution is -2.61. The van der Waals surface area contributed by atoms with E-state index >= 15 is 0 Å². The largest absolute Gasteiger partial charge is 0.481 e. The first-order valence-corrected chi connectivity index (χ1v) is 12.2. The highest BCUT2D eigenvalue weighted by Gasteiger charge is 2.48. The fraction of sp³-hybridized carbons (Fsp3) is 0.800. The van der Waals surface area contributed by atoms with Crippen molar-refractivity contribution in [3.8, 4) is 0 Å². The van der Waals surface area contributed by atoms with Gasteiger partial charge in [-0.05, 0) is 51.0 Å².